The predicted octanol–water partition coefficient (Wildman–Crippen LogP) is 1.91. The molecule has 1 rings (SSSR count). The fourth-order valence-electron chi connectivity index (χ4n) is 2.48. The van der Waals surface area contributed by atoms with Crippen LogP contribution in [0.2, 0.25) is 0 Å². The lowest BCUT2D eigenvalue weighted by Crippen LogP contribution is -2.32. The van der Waals surface area contributed by atoms with Crippen LogP contribution in [0.25, 0.3) is 0 Å². The minimum atomic E-state index is -0.132. The second-order valence-corrected chi connectivity index (χ2v) is 4.32. The zero-order valence-electron chi connectivity index (χ0n) is 8.71. The molecule has 0 amide bonds. The first kappa shape index (κ1) is 11.0. The first-order valence-electron chi connectivity index (χ1n) is 5.67. The van der Waals surface area contributed by atoms with Crippen molar-refractivity contribution in [2.45, 2.75) is 51.6 Å². The van der Waals surface area contributed by atoms with Crippen LogP contribution in [-0.2, 0) is 0 Å². The Morgan fingerprint density at radius 1 is 1.38 bits per heavy atom. The van der Waals surface area contributed by atoms with Crippen LogP contribution in [0.15, 0.2) is 0 Å². The zero-order valence-corrected chi connectivity index (χ0v) is 8.71. The number of aliphatic hydroxyl groups excluding tert-OH is 1. The molecule has 0 aromatic heterocycles. The summed E-state index contributed by atoms with van der Waals surface area (Å²) in [5.41, 5.74) is 5.67. The number of hydrogen-bond acceptors (Lipinski definition) is 2. The van der Waals surface area contributed by atoms with Crippen molar-refractivity contribution in [3.8, 4) is 0 Å². The van der Waals surface area contributed by atoms with Crippen LogP contribution >= 0.6 is 0 Å². The van der Waals surface area contributed by atoms with Gasteiger partial charge in [-0.25, -0.2) is 0 Å². The molecule has 1 aliphatic carbocycles. The Kier molecular flexibility index (Phi) is 4.74. The largest absolute Gasteiger partial charge is 0.393 e. The maximum Gasteiger partial charge on any atom is 0.0608 e. The highest BCUT2D eigenvalue weighted by Gasteiger charge is 2.28. The van der Waals surface area contributed by atoms with Gasteiger partial charge in [0.1, 0.15) is 0 Å². The molecule has 1 aliphatic rings. The Bertz CT molecular complexity index is 132. The van der Waals surface area contributed by atoms with Crippen LogP contribution in [0, 0.1) is 11.8 Å². The molecule has 0 heterocycles. The molecule has 0 aromatic carbocycles. The van der Waals surface area contributed by atoms with E-state index in [4.69, 9.17) is 5.73 Å². The Balaban J connectivity index is 2.37. The summed E-state index contributed by atoms with van der Waals surface area (Å²) in [6.07, 6.45) is 7.09. The van der Waals surface area contributed by atoms with Crippen LogP contribution in [0.5, 0.6) is 0 Å². The van der Waals surface area contributed by atoms with E-state index in [1.54, 1.807) is 0 Å². The summed E-state index contributed by atoms with van der Waals surface area (Å²) in [5.74, 6) is 0.883. The molecule has 2 heteroatoms. The summed E-state index contributed by atoms with van der Waals surface area (Å²) in [4.78, 5) is 0. The van der Waals surface area contributed by atoms with Crippen molar-refractivity contribution in [2.24, 2.45) is 17.6 Å². The minimum absolute atomic E-state index is 0.132. The maximum absolute atomic E-state index is 10.1. The summed E-state index contributed by atoms with van der Waals surface area (Å²) in [7, 11) is 0. The van der Waals surface area contributed by atoms with Crippen LogP contribution in [0.1, 0.15) is 45.4 Å². The standard InChI is InChI=1S/C11H23NO/c1-2-5-10(8-12)11(13)9-6-3-4-7-9/h9-11,13H,2-8,12H2,1H3. The summed E-state index contributed by atoms with van der Waals surface area (Å²) in [5, 5.41) is 10.1. The van der Waals surface area contributed by atoms with Gasteiger partial charge in [-0.3, -0.25) is 0 Å². The molecule has 0 aromatic rings. The van der Waals surface area contributed by atoms with Crippen LogP contribution in [0.4, 0.5) is 0 Å². The van der Waals surface area contributed by atoms with E-state index in [1.165, 1.54) is 25.7 Å². The molecule has 0 bridgehead atoms. The fourth-order valence-corrected chi connectivity index (χ4v) is 2.48. The minimum Gasteiger partial charge on any atom is -0.393 e. The van der Waals surface area contributed by atoms with Gasteiger partial charge in [-0.05, 0) is 37.6 Å². The van der Waals surface area contributed by atoms with E-state index in [9.17, 15) is 5.11 Å². The summed E-state index contributed by atoms with van der Waals surface area (Å²) in [6, 6.07) is 0. The van der Waals surface area contributed by atoms with Gasteiger partial charge in [0.25, 0.3) is 0 Å². The van der Waals surface area contributed by atoms with Gasteiger partial charge in [-0.15, -0.1) is 0 Å². The van der Waals surface area contributed by atoms with Gasteiger partial charge in [-0.2, -0.15) is 0 Å². The molecular weight excluding hydrogens is 162 g/mol. The van der Waals surface area contributed by atoms with Crippen LogP contribution in [0.3, 0.4) is 0 Å². The van der Waals surface area contributed by atoms with E-state index in [2.05, 4.69) is 6.92 Å². The van der Waals surface area contributed by atoms with Crippen molar-refractivity contribution in [3.63, 3.8) is 0 Å². The van der Waals surface area contributed by atoms with Crippen LogP contribution < -0.4 is 5.73 Å². The van der Waals surface area contributed by atoms with Gasteiger partial charge in [-0.1, -0.05) is 26.2 Å². The first-order valence-corrected chi connectivity index (χ1v) is 5.67. The molecule has 0 saturated heterocycles. The van der Waals surface area contributed by atoms with Crippen molar-refractivity contribution in [3.05, 3.63) is 0 Å². The van der Waals surface area contributed by atoms with Crippen molar-refractivity contribution < 1.29 is 5.11 Å². The van der Waals surface area contributed by atoms with Crippen molar-refractivity contribution in [1.29, 1.82) is 0 Å². The van der Waals surface area contributed by atoms with Crippen LogP contribution in [-0.4, -0.2) is 17.8 Å². The Hall–Kier alpha value is -0.0800. The second kappa shape index (κ2) is 5.61. The first-order chi connectivity index (χ1) is 6.29. The summed E-state index contributed by atoms with van der Waals surface area (Å²) < 4.78 is 0. The summed E-state index contributed by atoms with van der Waals surface area (Å²) in [6.45, 7) is 2.80. The monoisotopic (exact) mass is 185 g/mol. The molecule has 13 heavy (non-hydrogen) atoms. The Labute approximate surface area is 81.5 Å². The topological polar surface area (TPSA) is 46.2 Å². The second-order valence-electron chi connectivity index (χ2n) is 4.32. The molecule has 1 fully saturated rings. The average Bonchev–Trinajstić information content (AvgIpc) is 2.65. The average molecular weight is 185 g/mol. The molecule has 3 N–H and O–H groups in total. The maximum atomic E-state index is 10.1. The number of rotatable bonds is 5. The van der Waals surface area contributed by atoms with E-state index >= 15 is 0 Å². The van der Waals surface area contributed by atoms with Gasteiger partial charge in [0.2, 0.25) is 0 Å². The van der Waals surface area contributed by atoms with Gasteiger partial charge in [0, 0.05) is 0 Å². The molecule has 0 radical (unpaired) electrons. The zero-order chi connectivity index (χ0) is 9.68. The molecule has 0 aliphatic heterocycles. The van der Waals surface area contributed by atoms with E-state index in [1.807, 2.05) is 0 Å². The molecule has 2 unspecified atom stereocenters. The molecular formula is C11H23NO. The lowest BCUT2D eigenvalue weighted by Gasteiger charge is -2.26. The lowest BCUT2D eigenvalue weighted by atomic mass is 9.87. The van der Waals surface area contributed by atoms with Gasteiger partial charge in [0.05, 0.1) is 6.10 Å². The quantitative estimate of drug-likeness (QED) is 0.687. The molecule has 78 valence electrons. The smallest absolute Gasteiger partial charge is 0.0608 e. The number of hydrogen-bond donors (Lipinski definition) is 2. The lowest BCUT2D eigenvalue weighted by molar-refractivity contribution is 0.0518. The highest BCUT2D eigenvalue weighted by molar-refractivity contribution is 4.80. The van der Waals surface area contributed by atoms with Crippen molar-refractivity contribution >= 4 is 0 Å². The highest BCUT2D eigenvalue weighted by atomic mass is 16.3. The van der Waals surface area contributed by atoms with Gasteiger partial charge >= 0.3 is 0 Å². The fraction of sp³-hybridized carbons (Fsp3) is 1.00. The number of nitrogens with two attached hydrogens (primary N) is 1. The summed E-state index contributed by atoms with van der Waals surface area (Å²) >= 11 is 0. The molecule has 2 atom stereocenters. The van der Waals surface area contributed by atoms with Crippen molar-refractivity contribution in [2.75, 3.05) is 6.54 Å². The van der Waals surface area contributed by atoms with E-state index < -0.39 is 0 Å². The third-order valence-electron chi connectivity index (χ3n) is 3.33. The molecule has 2 nitrogen and oxygen atoms in total. The third kappa shape index (κ3) is 2.96. The SMILES string of the molecule is CCCC(CN)C(O)C1CCCC1. The number of aliphatic hydroxyl groups is 1. The Morgan fingerprint density at radius 2 is 2.00 bits per heavy atom. The van der Waals surface area contributed by atoms with E-state index in [0.29, 0.717) is 18.4 Å². The molecule has 0 spiro atoms. The Morgan fingerprint density at radius 3 is 2.46 bits per heavy atom. The van der Waals surface area contributed by atoms with E-state index in [0.717, 1.165) is 12.8 Å². The van der Waals surface area contributed by atoms with E-state index in [-0.39, 0.29) is 6.10 Å². The molecule has 1 saturated carbocycles. The van der Waals surface area contributed by atoms with Gasteiger partial charge < -0.3 is 10.8 Å². The van der Waals surface area contributed by atoms with Crippen molar-refractivity contribution in [1.82, 2.24) is 0 Å². The normalized spacial score (nSPS) is 23.3. The predicted molar refractivity (Wildman–Crippen MR) is 55.4 cm³/mol. The van der Waals surface area contributed by atoms with Gasteiger partial charge in [0.15, 0.2) is 0 Å². The third-order valence-corrected chi connectivity index (χ3v) is 3.33. The highest BCUT2D eigenvalue weighted by Crippen LogP contribution is 2.31.